The second-order valence-electron chi connectivity index (χ2n) is 5.23. The van der Waals surface area contributed by atoms with E-state index in [0.29, 0.717) is 19.5 Å². The minimum atomic E-state index is 0.102. The SMILES string of the molecule is Cc1cc(C)c(C)c(CCNC(=O)CCCN)c1C. The van der Waals surface area contributed by atoms with Gasteiger partial charge in [-0.15, -0.1) is 0 Å². The van der Waals surface area contributed by atoms with Crippen molar-refractivity contribution in [2.75, 3.05) is 13.1 Å². The van der Waals surface area contributed by atoms with Crippen LogP contribution in [0, 0.1) is 27.7 Å². The topological polar surface area (TPSA) is 55.1 Å². The maximum absolute atomic E-state index is 11.5. The van der Waals surface area contributed by atoms with E-state index in [9.17, 15) is 4.79 Å². The van der Waals surface area contributed by atoms with Crippen LogP contribution in [-0.2, 0) is 11.2 Å². The molecule has 0 bridgehead atoms. The molecule has 1 aromatic carbocycles. The van der Waals surface area contributed by atoms with Crippen LogP contribution in [0.4, 0.5) is 0 Å². The molecule has 106 valence electrons. The molecule has 19 heavy (non-hydrogen) atoms. The number of nitrogens with two attached hydrogens (primary N) is 1. The lowest BCUT2D eigenvalue weighted by atomic mass is 9.92. The largest absolute Gasteiger partial charge is 0.356 e. The minimum Gasteiger partial charge on any atom is -0.356 e. The molecule has 0 fully saturated rings. The minimum absolute atomic E-state index is 0.102. The van der Waals surface area contributed by atoms with Gasteiger partial charge in [-0.2, -0.15) is 0 Å². The highest BCUT2D eigenvalue weighted by Gasteiger charge is 2.08. The van der Waals surface area contributed by atoms with Gasteiger partial charge in [0, 0.05) is 13.0 Å². The third-order valence-corrected chi connectivity index (χ3v) is 3.83. The molecular formula is C16H26N2O. The Morgan fingerprint density at radius 2 is 1.74 bits per heavy atom. The van der Waals surface area contributed by atoms with E-state index in [0.717, 1.165) is 12.8 Å². The Morgan fingerprint density at radius 1 is 1.16 bits per heavy atom. The lowest BCUT2D eigenvalue weighted by Gasteiger charge is -2.15. The van der Waals surface area contributed by atoms with Crippen molar-refractivity contribution in [3.63, 3.8) is 0 Å². The Balaban J connectivity index is 2.61. The molecule has 0 saturated carbocycles. The maximum Gasteiger partial charge on any atom is 0.220 e. The van der Waals surface area contributed by atoms with Gasteiger partial charge in [-0.05, 0) is 74.9 Å². The average molecular weight is 262 g/mol. The maximum atomic E-state index is 11.5. The van der Waals surface area contributed by atoms with Crippen LogP contribution in [0.5, 0.6) is 0 Å². The fraction of sp³-hybridized carbons (Fsp3) is 0.562. The van der Waals surface area contributed by atoms with Gasteiger partial charge >= 0.3 is 0 Å². The van der Waals surface area contributed by atoms with Crippen molar-refractivity contribution in [2.24, 2.45) is 5.73 Å². The Morgan fingerprint density at radius 3 is 2.26 bits per heavy atom. The van der Waals surface area contributed by atoms with Crippen molar-refractivity contribution in [3.8, 4) is 0 Å². The summed E-state index contributed by atoms with van der Waals surface area (Å²) in [7, 11) is 0. The molecule has 0 atom stereocenters. The number of hydrogen-bond acceptors (Lipinski definition) is 2. The second kappa shape index (κ2) is 7.29. The summed E-state index contributed by atoms with van der Waals surface area (Å²) in [5, 5.41) is 2.96. The number of carbonyl (C=O) groups excluding carboxylic acids is 1. The first-order valence-electron chi connectivity index (χ1n) is 7.00. The van der Waals surface area contributed by atoms with Crippen LogP contribution < -0.4 is 11.1 Å². The van der Waals surface area contributed by atoms with E-state index in [-0.39, 0.29) is 5.91 Å². The first-order chi connectivity index (χ1) is 8.97. The standard InChI is InChI=1S/C16H26N2O/c1-11-10-12(2)14(4)15(13(11)3)7-9-18-16(19)6-5-8-17/h10H,5-9,17H2,1-4H3,(H,18,19). The molecule has 0 unspecified atom stereocenters. The zero-order valence-corrected chi connectivity index (χ0v) is 12.6. The normalized spacial score (nSPS) is 10.6. The first kappa shape index (κ1) is 15.7. The summed E-state index contributed by atoms with van der Waals surface area (Å²) in [5.74, 6) is 0.102. The summed E-state index contributed by atoms with van der Waals surface area (Å²) in [4.78, 5) is 11.5. The molecule has 3 nitrogen and oxygen atoms in total. The first-order valence-corrected chi connectivity index (χ1v) is 7.00. The van der Waals surface area contributed by atoms with Crippen molar-refractivity contribution >= 4 is 5.91 Å². The smallest absolute Gasteiger partial charge is 0.220 e. The number of aryl methyl sites for hydroxylation is 2. The molecule has 0 aliphatic heterocycles. The van der Waals surface area contributed by atoms with Gasteiger partial charge in [0.25, 0.3) is 0 Å². The zero-order valence-electron chi connectivity index (χ0n) is 12.6. The van der Waals surface area contributed by atoms with Crippen LogP contribution in [-0.4, -0.2) is 19.0 Å². The molecule has 0 radical (unpaired) electrons. The quantitative estimate of drug-likeness (QED) is 0.826. The van der Waals surface area contributed by atoms with Gasteiger partial charge in [-0.3, -0.25) is 4.79 Å². The number of nitrogens with one attached hydrogen (secondary N) is 1. The van der Waals surface area contributed by atoms with Gasteiger partial charge in [-0.25, -0.2) is 0 Å². The predicted molar refractivity (Wildman–Crippen MR) is 80.4 cm³/mol. The monoisotopic (exact) mass is 262 g/mol. The van der Waals surface area contributed by atoms with Crippen molar-refractivity contribution in [2.45, 2.75) is 47.0 Å². The highest BCUT2D eigenvalue weighted by molar-refractivity contribution is 5.75. The number of rotatable bonds is 6. The van der Waals surface area contributed by atoms with E-state index in [1.165, 1.54) is 27.8 Å². The number of benzene rings is 1. The average Bonchev–Trinajstić information content (AvgIpc) is 2.38. The van der Waals surface area contributed by atoms with Gasteiger partial charge in [0.2, 0.25) is 5.91 Å². The van der Waals surface area contributed by atoms with E-state index >= 15 is 0 Å². The highest BCUT2D eigenvalue weighted by Crippen LogP contribution is 2.21. The Labute approximate surface area is 116 Å². The molecule has 1 amide bonds. The van der Waals surface area contributed by atoms with Crippen LogP contribution in [0.2, 0.25) is 0 Å². The van der Waals surface area contributed by atoms with Gasteiger partial charge in [-0.1, -0.05) is 6.07 Å². The summed E-state index contributed by atoms with van der Waals surface area (Å²) in [5.41, 5.74) is 12.1. The highest BCUT2D eigenvalue weighted by atomic mass is 16.1. The van der Waals surface area contributed by atoms with Crippen molar-refractivity contribution in [3.05, 3.63) is 33.9 Å². The van der Waals surface area contributed by atoms with E-state index < -0.39 is 0 Å². The third kappa shape index (κ3) is 4.35. The fourth-order valence-electron chi connectivity index (χ4n) is 2.35. The molecule has 1 aromatic rings. The molecule has 3 heteroatoms. The summed E-state index contributed by atoms with van der Waals surface area (Å²) < 4.78 is 0. The molecule has 0 heterocycles. The summed E-state index contributed by atoms with van der Waals surface area (Å²) in [6.07, 6.45) is 2.18. The van der Waals surface area contributed by atoms with Gasteiger partial charge in [0.05, 0.1) is 0 Å². The Bertz CT molecular complexity index is 426. The van der Waals surface area contributed by atoms with Gasteiger partial charge < -0.3 is 11.1 Å². The predicted octanol–water partition coefficient (Wildman–Crippen LogP) is 2.32. The van der Waals surface area contributed by atoms with Crippen molar-refractivity contribution in [1.29, 1.82) is 0 Å². The molecule has 0 spiro atoms. The molecule has 1 rings (SSSR count). The van der Waals surface area contributed by atoms with E-state index in [1.54, 1.807) is 0 Å². The Kier molecular flexibility index (Phi) is 6.03. The molecular weight excluding hydrogens is 236 g/mol. The summed E-state index contributed by atoms with van der Waals surface area (Å²) >= 11 is 0. The van der Waals surface area contributed by atoms with Crippen molar-refractivity contribution in [1.82, 2.24) is 5.32 Å². The number of hydrogen-bond donors (Lipinski definition) is 2. The van der Waals surface area contributed by atoms with Gasteiger partial charge in [0.15, 0.2) is 0 Å². The lowest BCUT2D eigenvalue weighted by Crippen LogP contribution is -2.26. The molecule has 0 saturated heterocycles. The number of amides is 1. The van der Waals surface area contributed by atoms with Gasteiger partial charge in [0.1, 0.15) is 0 Å². The number of carbonyl (C=O) groups is 1. The summed E-state index contributed by atoms with van der Waals surface area (Å²) in [6, 6.07) is 2.23. The molecule has 0 aliphatic carbocycles. The van der Waals surface area contributed by atoms with Crippen LogP contribution in [0.3, 0.4) is 0 Å². The van der Waals surface area contributed by atoms with E-state index in [4.69, 9.17) is 5.73 Å². The second-order valence-corrected chi connectivity index (χ2v) is 5.23. The molecule has 0 aliphatic rings. The summed E-state index contributed by atoms with van der Waals surface area (Å²) in [6.45, 7) is 9.88. The zero-order chi connectivity index (χ0) is 14.4. The van der Waals surface area contributed by atoms with Crippen LogP contribution in [0.25, 0.3) is 0 Å². The van der Waals surface area contributed by atoms with E-state index in [1.807, 2.05) is 0 Å². The molecule has 0 aromatic heterocycles. The van der Waals surface area contributed by atoms with Crippen molar-refractivity contribution < 1.29 is 4.79 Å². The Hall–Kier alpha value is -1.35. The van der Waals surface area contributed by atoms with Crippen LogP contribution >= 0.6 is 0 Å². The third-order valence-electron chi connectivity index (χ3n) is 3.83. The fourth-order valence-corrected chi connectivity index (χ4v) is 2.35. The lowest BCUT2D eigenvalue weighted by molar-refractivity contribution is -0.121. The van der Waals surface area contributed by atoms with Crippen LogP contribution in [0.1, 0.15) is 40.7 Å². The van der Waals surface area contributed by atoms with E-state index in [2.05, 4.69) is 39.1 Å². The molecule has 3 N–H and O–H groups in total. The van der Waals surface area contributed by atoms with Crippen LogP contribution in [0.15, 0.2) is 6.07 Å².